The van der Waals surface area contributed by atoms with Crippen LogP contribution in [0.1, 0.15) is 39.5 Å². The van der Waals surface area contributed by atoms with Gasteiger partial charge in [0.25, 0.3) is 0 Å². The van der Waals surface area contributed by atoms with Crippen LogP contribution in [0.5, 0.6) is 5.75 Å². The molecule has 1 heteroatoms. The molecule has 0 spiro atoms. The maximum absolute atomic E-state index is 5.70. The first-order valence-corrected chi connectivity index (χ1v) is 5.96. The highest BCUT2D eigenvalue weighted by Gasteiger charge is 2.06. The number of rotatable bonds is 7. The Morgan fingerprint density at radius 2 is 2.20 bits per heavy atom. The summed E-state index contributed by atoms with van der Waals surface area (Å²) in [6.07, 6.45) is 5.06. The second-order valence-electron chi connectivity index (χ2n) is 3.95. The number of benzene rings is 1. The number of ether oxygens (including phenoxy) is 1. The molecule has 1 atom stereocenters. The molecule has 1 rings (SSSR count). The van der Waals surface area contributed by atoms with Crippen molar-refractivity contribution in [2.45, 2.75) is 39.5 Å². The molecule has 0 heterocycles. The van der Waals surface area contributed by atoms with E-state index in [2.05, 4.69) is 19.9 Å². The summed E-state index contributed by atoms with van der Waals surface area (Å²) in [7, 11) is 0. The first kappa shape index (κ1) is 12.1. The predicted octanol–water partition coefficient (Wildman–Crippen LogP) is 4.08. The van der Waals surface area contributed by atoms with Crippen molar-refractivity contribution in [2.24, 2.45) is 5.92 Å². The van der Waals surface area contributed by atoms with Gasteiger partial charge in [-0.3, -0.25) is 0 Å². The molecule has 0 saturated carbocycles. The van der Waals surface area contributed by atoms with E-state index in [4.69, 9.17) is 4.74 Å². The van der Waals surface area contributed by atoms with Gasteiger partial charge in [0.1, 0.15) is 5.75 Å². The minimum Gasteiger partial charge on any atom is -0.493 e. The van der Waals surface area contributed by atoms with Gasteiger partial charge in [0.05, 0.1) is 6.61 Å². The van der Waals surface area contributed by atoms with Gasteiger partial charge in [-0.25, -0.2) is 0 Å². The van der Waals surface area contributed by atoms with E-state index >= 15 is 0 Å². The summed E-state index contributed by atoms with van der Waals surface area (Å²) < 4.78 is 5.70. The molecule has 15 heavy (non-hydrogen) atoms. The molecule has 0 aliphatic carbocycles. The molecule has 1 unspecified atom stereocenters. The standard InChI is InChI=1S/C14H21O/c1-3-5-9-13(4-2)12-15-14-10-7-6-8-11-14/h6-8,10,13H,3-5,9,12H2,1-2H3. The van der Waals surface area contributed by atoms with Gasteiger partial charge >= 0.3 is 0 Å². The van der Waals surface area contributed by atoms with Crippen LogP contribution in [0.2, 0.25) is 0 Å². The van der Waals surface area contributed by atoms with E-state index in [0.717, 1.165) is 12.4 Å². The van der Waals surface area contributed by atoms with Gasteiger partial charge in [-0.05, 0) is 18.4 Å². The van der Waals surface area contributed by atoms with Crippen molar-refractivity contribution >= 4 is 0 Å². The zero-order valence-corrected chi connectivity index (χ0v) is 9.83. The molecule has 1 aromatic carbocycles. The zero-order valence-electron chi connectivity index (χ0n) is 9.83. The number of hydrogen-bond donors (Lipinski definition) is 0. The van der Waals surface area contributed by atoms with Gasteiger partial charge in [-0.1, -0.05) is 51.3 Å². The predicted molar refractivity (Wildman–Crippen MR) is 64.1 cm³/mol. The summed E-state index contributed by atoms with van der Waals surface area (Å²) in [4.78, 5) is 0. The number of para-hydroxylation sites is 1. The topological polar surface area (TPSA) is 9.23 Å². The molecule has 0 aliphatic rings. The Hall–Kier alpha value is -0.980. The molecule has 0 aromatic heterocycles. The molecular formula is C14H21O. The molecule has 83 valence electrons. The average molecular weight is 205 g/mol. The van der Waals surface area contributed by atoms with Crippen LogP contribution < -0.4 is 4.74 Å². The monoisotopic (exact) mass is 205 g/mol. The summed E-state index contributed by atoms with van der Waals surface area (Å²) in [5.74, 6) is 1.56. The Labute approximate surface area is 93.5 Å². The van der Waals surface area contributed by atoms with Gasteiger partial charge < -0.3 is 4.74 Å². The fourth-order valence-electron chi connectivity index (χ4n) is 1.57. The van der Waals surface area contributed by atoms with E-state index in [9.17, 15) is 0 Å². The molecule has 0 aliphatic heterocycles. The number of unbranched alkanes of at least 4 members (excludes halogenated alkanes) is 1. The van der Waals surface area contributed by atoms with Crippen LogP contribution in [0, 0.1) is 12.0 Å². The van der Waals surface area contributed by atoms with Crippen molar-refractivity contribution in [3.63, 3.8) is 0 Å². The van der Waals surface area contributed by atoms with Gasteiger partial charge in [-0.2, -0.15) is 0 Å². The average Bonchev–Trinajstić information content (AvgIpc) is 2.31. The Balaban J connectivity index is 2.28. The maximum atomic E-state index is 5.70. The fourth-order valence-corrected chi connectivity index (χ4v) is 1.57. The summed E-state index contributed by atoms with van der Waals surface area (Å²) >= 11 is 0. The molecule has 1 radical (unpaired) electrons. The lowest BCUT2D eigenvalue weighted by atomic mass is 10.0. The van der Waals surface area contributed by atoms with Gasteiger partial charge in [0, 0.05) is 6.07 Å². The maximum Gasteiger partial charge on any atom is 0.127 e. The van der Waals surface area contributed by atoms with Gasteiger partial charge in [0.15, 0.2) is 0 Å². The first-order valence-electron chi connectivity index (χ1n) is 5.96. The smallest absolute Gasteiger partial charge is 0.127 e. The highest BCUT2D eigenvalue weighted by atomic mass is 16.5. The van der Waals surface area contributed by atoms with Crippen molar-refractivity contribution in [3.05, 3.63) is 30.3 Å². The number of hydrogen-bond acceptors (Lipinski definition) is 1. The molecule has 0 saturated heterocycles. The van der Waals surface area contributed by atoms with Crippen molar-refractivity contribution in [3.8, 4) is 5.75 Å². The van der Waals surface area contributed by atoms with Crippen LogP contribution in [-0.2, 0) is 0 Å². The van der Waals surface area contributed by atoms with E-state index in [0.29, 0.717) is 5.92 Å². The third-order valence-electron chi connectivity index (χ3n) is 2.70. The van der Waals surface area contributed by atoms with Crippen molar-refractivity contribution in [2.75, 3.05) is 6.61 Å². The van der Waals surface area contributed by atoms with E-state index < -0.39 is 0 Å². The quantitative estimate of drug-likeness (QED) is 0.651. The molecule has 0 N–H and O–H groups in total. The molecular weight excluding hydrogens is 184 g/mol. The SMILES string of the molecule is CCCCC(CC)COc1[c]cccc1. The second-order valence-corrected chi connectivity index (χ2v) is 3.95. The third-order valence-corrected chi connectivity index (χ3v) is 2.70. The minimum absolute atomic E-state index is 0.693. The Morgan fingerprint density at radius 1 is 1.33 bits per heavy atom. The lowest BCUT2D eigenvalue weighted by molar-refractivity contribution is 0.233. The first-order chi connectivity index (χ1) is 7.36. The molecule has 0 fully saturated rings. The summed E-state index contributed by atoms with van der Waals surface area (Å²) in [6, 6.07) is 10.9. The summed E-state index contributed by atoms with van der Waals surface area (Å²) in [6.45, 7) is 5.30. The van der Waals surface area contributed by atoms with Crippen molar-refractivity contribution < 1.29 is 4.74 Å². The largest absolute Gasteiger partial charge is 0.493 e. The van der Waals surface area contributed by atoms with E-state index in [1.165, 1.54) is 25.7 Å². The normalized spacial score (nSPS) is 12.4. The highest BCUT2D eigenvalue weighted by molar-refractivity contribution is 5.19. The lowest BCUT2D eigenvalue weighted by Crippen LogP contribution is -2.11. The van der Waals surface area contributed by atoms with Crippen molar-refractivity contribution in [1.29, 1.82) is 0 Å². The van der Waals surface area contributed by atoms with E-state index in [1.54, 1.807) is 0 Å². The molecule has 1 nitrogen and oxygen atoms in total. The second kappa shape index (κ2) is 7.33. The fraction of sp³-hybridized carbons (Fsp3) is 0.571. The van der Waals surface area contributed by atoms with E-state index in [1.807, 2.05) is 24.3 Å². The Morgan fingerprint density at radius 3 is 2.80 bits per heavy atom. The lowest BCUT2D eigenvalue weighted by Gasteiger charge is -2.15. The van der Waals surface area contributed by atoms with Crippen LogP contribution in [0.4, 0.5) is 0 Å². The van der Waals surface area contributed by atoms with Crippen LogP contribution in [-0.4, -0.2) is 6.61 Å². The Kier molecular flexibility index (Phi) is 5.91. The van der Waals surface area contributed by atoms with E-state index in [-0.39, 0.29) is 0 Å². The molecule has 1 aromatic rings. The minimum atomic E-state index is 0.693. The molecule has 0 bridgehead atoms. The van der Waals surface area contributed by atoms with Crippen LogP contribution in [0.15, 0.2) is 24.3 Å². The third kappa shape index (κ3) is 4.87. The summed E-state index contributed by atoms with van der Waals surface area (Å²) in [5, 5.41) is 0. The zero-order chi connectivity index (χ0) is 10.9. The molecule has 0 amide bonds. The van der Waals surface area contributed by atoms with Crippen molar-refractivity contribution in [1.82, 2.24) is 0 Å². The van der Waals surface area contributed by atoms with Crippen LogP contribution in [0.25, 0.3) is 0 Å². The van der Waals surface area contributed by atoms with Crippen LogP contribution in [0.3, 0.4) is 0 Å². The van der Waals surface area contributed by atoms with Gasteiger partial charge in [-0.15, -0.1) is 0 Å². The van der Waals surface area contributed by atoms with Gasteiger partial charge in [0.2, 0.25) is 0 Å². The van der Waals surface area contributed by atoms with Crippen LogP contribution >= 0.6 is 0 Å². The highest BCUT2D eigenvalue weighted by Crippen LogP contribution is 2.15. The summed E-state index contributed by atoms with van der Waals surface area (Å²) in [5.41, 5.74) is 0. The Bertz CT molecular complexity index is 243.